The van der Waals surface area contributed by atoms with Crippen molar-refractivity contribution in [3.05, 3.63) is 89.7 Å². The fourth-order valence-corrected chi connectivity index (χ4v) is 3.28. The van der Waals surface area contributed by atoms with Crippen molar-refractivity contribution in [3.63, 3.8) is 0 Å². The largest absolute Gasteiger partial charge is 0.491 e. The first-order valence-electron chi connectivity index (χ1n) is 9.53. The number of hydrogen-bond acceptors (Lipinski definition) is 3. The number of ether oxygens (including phenoxy) is 2. The van der Waals surface area contributed by atoms with Gasteiger partial charge >= 0.3 is 0 Å². The van der Waals surface area contributed by atoms with Gasteiger partial charge in [0.25, 0.3) is 0 Å². The van der Waals surface area contributed by atoms with Crippen LogP contribution in [0.3, 0.4) is 0 Å². The molecule has 0 saturated heterocycles. The molecule has 0 radical (unpaired) electrons. The van der Waals surface area contributed by atoms with Gasteiger partial charge in [-0.15, -0.1) is 0 Å². The number of imidazole rings is 1. The Morgan fingerprint density at radius 1 is 0.821 bits per heavy atom. The molecule has 1 aromatic heterocycles. The minimum absolute atomic E-state index is 0.419. The lowest BCUT2D eigenvalue weighted by atomic mass is 10.1. The molecular weight excluding hydrogens is 348 g/mol. The molecule has 0 unspecified atom stereocenters. The van der Waals surface area contributed by atoms with Gasteiger partial charge in [0, 0.05) is 0 Å². The van der Waals surface area contributed by atoms with Crippen molar-refractivity contribution < 1.29 is 9.47 Å². The predicted octanol–water partition coefficient (Wildman–Crippen LogP) is 5.31. The number of hydrogen-bond donors (Lipinski definition) is 0. The number of rotatable bonds is 7. The second kappa shape index (κ2) is 8.17. The number of aromatic nitrogens is 2. The molecule has 28 heavy (non-hydrogen) atoms. The Balaban J connectivity index is 1.52. The number of aryl methyl sites for hydroxylation is 1. The van der Waals surface area contributed by atoms with Gasteiger partial charge < -0.3 is 14.0 Å². The number of para-hydroxylation sites is 3. The minimum Gasteiger partial charge on any atom is -0.491 e. The van der Waals surface area contributed by atoms with Crippen molar-refractivity contribution >= 4 is 11.0 Å². The topological polar surface area (TPSA) is 36.3 Å². The molecule has 0 aliphatic rings. The van der Waals surface area contributed by atoms with Crippen LogP contribution < -0.4 is 9.47 Å². The molecule has 142 valence electrons. The highest BCUT2D eigenvalue weighted by atomic mass is 16.5. The van der Waals surface area contributed by atoms with E-state index in [-0.39, 0.29) is 0 Å². The van der Waals surface area contributed by atoms with Gasteiger partial charge in [-0.3, -0.25) is 0 Å². The second-order valence-corrected chi connectivity index (χ2v) is 6.82. The summed E-state index contributed by atoms with van der Waals surface area (Å²) < 4.78 is 14.2. The van der Waals surface area contributed by atoms with E-state index < -0.39 is 0 Å². The molecule has 0 spiro atoms. The van der Waals surface area contributed by atoms with Crippen LogP contribution in [0.2, 0.25) is 0 Å². The first-order chi connectivity index (χ1) is 13.7. The predicted molar refractivity (Wildman–Crippen MR) is 112 cm³/mol. The van der Waals surface area contributed by atoms with E-state index in [0.717, 1.165) is 28.4 Å². The fourth-order valence-electron chi connectivity index (χ4n) is 3.28. The van der Waals surface area contributed by atoms with E-state index in [1.54, 1.807) is 0 Å². The van der Waals surface area contributed by atoms with Gasteiger partial charge in [0.15, 0.2) is 0 Å². The lowest BCUT2D eigenvalue weighted by molar-refractivity contribution is 0.271. The summed E-state index contributed by atoms with van der Waals surface area (Å²) in [6.07, 6.45) is 0. The molecule has 0 bridgehead atoms. The van der Waals surface area contributed by atoms with Crippen molar-refractivity contribution in [3.8, 4) is 11.5 Å². The molecule has 4 aromatic rings. The average Bonchev–Trinajstić information content (AvgIpc) is 3.08. The minimum atomic E-state index is 0.419. The van der Waals surface area contributed by atoms with Crippen molar-refractivity contribution in [2.75, 3.05) is 6.61 Å². The van der Waals surface area contributed by atoms with Crippen LogP contribution in [-0.4, -0.2) is 16.2 Å². The van der Waals surface area contributed by atoms with Crippen LogP contribution in [0, 0.1) is 13.8 Å². The van der Waals surface area contributed by atoms with E-state index in [4.69, 9.17) is 14.5 Å². The zero-order chi connectivity index (χ0) is 19.3. The van der Waals surface area contributed by atoms with E-state index in [1.807, 2.05) is 60.7 Å². The van der Waals surface area contributed by atoms with E-state index in [9.17, 15) is 0 Å². The first kappa shape index (κ1) is 18.1. The molecule has 0 aliphatic heterocycles. The molecule has 0 N–H and O–H groups in total. The fraction of sp³-hybridized carbons (Fsp3) is 0.208. The summed E-state index contributed by atoms with van der Waals surface area (Å²) >= 11 is 0. The van der Waals surface area contributed by atoms with Gasteiger partial charge in [0.2, 0.25) is 0 Å². The normalized spacial score (nSPS) is 10.9. The molecule has 4 nitrogen and oxygen atoms in total. The maximum atomic E-state index is 6.07. The Labute approximate surface area is 165 Å². The van der Waals surface area contributed by atoms with E-state index in [2.05, 4.69) is 30.5 Å². The van der Waals surface area contributed by atoms with Crippen LogP contribution in [0.5, 0.6) is 11.5 Å². The van der Waals surface area contributed by atoms with Crippen LogP contribution >= 0.6 is 0 Å². The van der Waals surface area contributed by atoms with Crippen LogP contribution in [0.4, 0.5) is 0 Å². The van der Waals surface area contributed by atoms with Crippen LogP contribution in [-0.2, 0) is 13.2 Å². The van der Waals surface area contributed by atoms with Gasteiger partial charge in [-0.2, -0.15) is 0 Å². The maximum Gasteiger partial charge on any atom is 0.148 e. The highest BCUT2D eigenvalue weighted by Gasteiger charge is 2.11. The third-order valence-corrected chi connectivity index (χ3v) is 4.97. The van der Waals surface area contributed by atoms with Gasteiger partial charge in [0.05, 0.1) is 17.6 Å². The molecular formula is C24H24N2O2. The third kappa shape index (κ3) is 3.86. The molecule has 0 aliphatic carbocycles. The standard InChI is InChI=1S/C24H24N2O2/c1-18-9-8-14-23(19(18)2)27-16-15-26-22-13-7-6-12-21(22)25-24(26)17-28-20-10-4-3-5-11-20/h3-14H,15-17H2,1-2H3. The molecule has 4 heteroatoms. The lowest BCUT2D eigenvalue weighted by Crippen LogP contribution is -2.13. The number of fused-ring (bicyclic) bond motifs is 1. The van der Waals surface area contributed by atoms with Crippen LogP contribution in [0.15, 0.2) is 72.8 Å². The molecule has 0 atom stereocenters. The Morgan fingerprint density at radius 3 is 2.46 bits per heavy atom. The summed E-state index contributed by atoms with van der Waals surface area (Å²) in [6.45, 7) is 5.90. The quantitative estimate of drug-likeness (QED) is 0.441. The molecule has 1 heterocycles. The van der Waals surface area contributed by atoms with Gasteiger partial charge in [-0.05, 0) is 55.3 Å². The third-order valence-electron chi connectivity index (χ3n) is 4.97. The lowest BCUT2D eigenvalue weighted by Gasteiger charge is -2.13. The highest BCUT2D eigenvalue weighted by molar-refractivity contribution is 5.75. The van der Waals surface area contributed by atoms with Crippen molar-refractivity contribution in [1.29, 1.82) is 0 Å². The zero-order valence-electron chi connectivity index (χ0n) is 16.3. The van der Waals surface area contributed by atoms with E-state index >= 15 is 0 Å². The monoisotopic (exact) mass is 372 g/mol. The summed E-state index contributed by atoms with van der Waals surface area (Å²) in [7, 11) is 0. The molecule has 0 saturated carbocycles. The highest BCUT2D eigenvalue weighted by Crippen LogP contribution is 2.22. The average molecular weight is 372 g/mol. The van der Waals surface area contributed by atoms with E-state index in [1.165, 1.54) is 11.1 Å². The number of benzene rings is 3. The zero-order valence-corrected chi connectivity index (χ0v) is 16.3. The van der Waals surface area contributed by atoms with Crippen molar-refractivity contribution in [2.24, 2.45) is 0 Å². The summed E-state index contributed by atoms with van der Waals surface area (Å²) in [6, 6.07) is 24.1. The number of nitrogens with zero attached hydrogens (tertiary/aromatic N) is 2. The summed E-state index contributed by atoms with van der Waals surface area (Å²) in [5, 5.41) is 0. The molecule has 3 aromatic carbocycles. The van der Waals surface area contributed by atoms with Crippen LogP contribution in [0.25, 0.3) is 11.0 Å². The van der Waals surface area contributed by atoms with Gasteiger partial charge in [-0.1, -0.05) is 42.5 Å². The SMILES string of the molecule is Cc1cccc(OCCn2c(COc3ccccc3)nc3ccccc32)c1C. The molecule has 4 rings (SSSR count). The van der Waals surface area contributed by atoms with E-state index in [0.29, 0.717) is 19.8 Å². The molecule has 0 fully saturated rings. The Hall–Kier alpha value is -3.27. The van der Waals surface area contributed by atoms with Gasteiger partial charge in [0.1, 0.15) is 30.5 Å². The second-order valence-electron chi connectivity index (χ2n) is 6.82. The molecule has 0 amide bonds. The first-order valence-corrected chi connectivity index (χ1v) is 9.53. The van der Waals surface area contributed by atoms with Crippen LogP contribution in [0.1, 0.15) is 17.0 Å². The maximum absolute atomic E-state index is 6.07. The van der Waals surface area contributed by atoms with Crippen molar-refractivity contribution in [2.45, 2.75) is 27.0 Å². The Kier molecular flexibility index (Phi) is 5.29. The smallest absolute Gasteiger partial charge is 0.148 e. The summed E-state index contributed by atoms with van der Waals surface area (Å²) in [4.78, 5) is 4.77. The Bertz CT molecular complexity index is 1070. The summed E-state index contributed by atoms with van der Waals surface area (Å²) in [5.41, 5.74) is 4.49. The summed E-state index contributed by atoms with van der Waals surface area (Å²) in [5.74, 6) is 2.67. The van der Waals surface area contributed by atoms with Crippen molar-refractivity contribution in [1.82, 2.24) is 9.55 Å². The van der Waals surface area contributed by atoms with Gasteiger partial charge in [-0.25, -0.2) is 4.98 Å². The Morgan fingerprint density at radius 2 is 1.61 bits per heavy atom.